The standard InChI is InChI=1S/C53H102O6/c1-4-7-10-13-16-19-22-24-25-26-27-28-29-30-32-35-38-41-44-47-53(56)59-50(48-57-51(54)45-42-39-36-33-21-18-15-12-9-6-3)49-58-52(55)46-43-40-37-34-31-23-20-17-14-11-8-5-2/h50H,4-49H2,1-3H3/t50-/m1/s1. The van der Waals surface area contributed by atoms with Gasteiger partial charge in [0, 0.05) is 19.3 Å². The molecule has 6 nitrogen and oxygen atoms in total. The van der Waals surface area contributed by atoms with Gasteiger partial charge in [0.25, 0.3) is 0 Å². The van der Waals surface area contributed by atoms with E-state index < -0.39 is 6.10 Å². The van der Waals surface area contributed by atoms with Crippen LogP contribution in [0.2, 0.25) is 0 Å². The van der Waals surface area contributed by atoms with Gasteiger partial charge in [-0.1, -0.05) is 265 Å². The highest BCUT2D eigenvalue weighted by molar-refractivity contribution is 5.71. The monoisotopic (exact) mass is 835 g/mol. The van der Waals surface area contributed by atoms with E-state index in [0.29, 0.717) is 19.3 Å². The fourth-order valence-corrected chi connectivity index (χ4v) is 8.09. The molecule has 0 rings (SSSR count). The van der Waals surface area contributed by atoms with Crippen molar-refractivity contribution in [1.29, 1.82) is 0 Å². The average molecular weight is 835 g/mol. The summed E-state index contributed by atoms with van der Waals surface area (Å²) in [6.07, 6.45) is 52.3. The number of hydrogen-bond acceptors (Lipinski definition) is 6. The van der Waals surface area contributed by atoms with E-state index >= 15 is 0 Å². The molecule has 0 aromatic carbocycles. The Kier molecular flexibility index (Phi) is 47.7. The van der Waals surface area contributed by atoms with Gasteiger partial charge in [-0.2, -0.15) is 0 Å². The molecule has 59 heavy (non-hydrogen) atoms. The molecular formula is C53H102O6. The second-order valence-electron chi connectivity index (χ2n) is 18.2. The second kappa shape index (κ2) is 49.1. The third-order valence-corrected chi connectivity index (χ3v) is 12.1. The van der Waals surface area contributed by atoms with E-state index in [1.807, 2.05) is 0 Å². The third kappa shape index (κ3) is 47.3. The molecule has 0 aromatic rings. The van der Waals surface area contributed by atoms with E-state index in [1.54, 1.807) is 0 Å². The summed E-state index contributed by atoms with van der Waals surface area (Å²) in [7, 11) is 0. The molecule has 0 unspecified atom stereocenters. The summed E-state index contributed by atoms with van der Waals surface area (Å²) < 4.78 is 16.8. The molecular weight excluding hydrogens is 733 g/mol. The Morgan fingerprint density at radius 1 is 0.271 bits per heavy atom. The molecule has 350 valence electrons. The summed E-state index contributed by atoms with van der Waals surface area (Å²) in [5.74, 6) is -0.842. The normalized spacial score (nSPS) is 11.8. The van der Waals surface area contributed by atoms with Crippen molar-refractivity contribution in [3.63, 3.8) is 0 Å². The minimum absolute atomic E-state index is 0.0619. The maximum Gasteiger partial charge on any atom is 0.306 e. The van der Waals surface area contributed by atoms with Gasteiger partial charge in [-0.25, -0.2) is 0 Å². The lowest BCUT2D eigenvalue weighted by molar-refractivity contribution is -0.167. The predicted octanol–water partition coefficient (Wildman–Crippen LogP) is 17.2. The molecule has 0 amide bonds. The Balaban J connectivity index is 4.24. The topological polar surface area (TPSA) is 78.9 Å². The predicted molar refractivity (Wildman–Crippen MR) is 252 cm³/mol. The van der Waals surface area contributed by atoms with Crippen LogP contribution in [0.25, 0.3) is 0 Å². The first-order valence-electron chi connectivity index (χ1n) is 26.5. The first-order chi connectivity index (χ1) is 29.0. The summed E-state index contributed by atoms with van der Waals surface area (Å²) >= 11 is 0. The van der Waals surface area contributed by atoms with Crippen LogP contribution in [0.4, 0.5) is 0 Å². The number of ether oxygens (including phenoxy) is 3. The van der Waals surface area contributed by atoms with Crippen molar-refractivity contribution in [2.75, 3.05) is 13.2 Å². The van der Waals surface area contributed by atoms with Crippen molar-refractivity contribution < 1.29 is 28.6 Å². The molecule has 0 aliphatic rings. The van der Waals surface area contributed by atoms with Gasteiger partial charge in [0.2, 0.25) is 0 Å². The van der Waals surface area contributed by atoms with Crippen molar-refractivity contribution in [1.82, 2.24) is 0 Å². The summed E-state index contributed by atoms with van der Waals surface area (Å²) in [5.41, 5.74) is 0. The molecule has 0 radical (unpaired) electrons. The van der Waals surface area contributed by atoms with E-state index in [-0.39, 0.29) is 31.1 Å². The van der Waals surface area contributed by atoms with Crippen LogP contribution in [0, 0.1) is 0 Å². The first kappa shape index (κ1) is 57.4. The molecule has 0 saturated carbocycles. The molecule has 0 N–H and O–H groups in total. The molecule has 6 heteroatoms. The number of unbranched alkanes of at least 4 members (excludes halogenated alkanes) is 38. The zero-order valence-corrected chi connectivity index (χ0v) is 40.1. The van der Waals surface area contributed by atoms with Crippen molar-refractivity contribution >= 4 is 17.9 Å². The van der Waals surface area contributed by atoms with Gasteiger partial charge >= 0.3 is 17.9 Å². The highest BCUT2D eigenvalue weighted by Crippen LogP contribution is 2.17. The van der Waals surface area contributed by atoms with Crippen molar-refractivity contribution in [3.8, 4) is 0 Å². The Morgan fingerprint density at radius 2 is 0.458 bits per heavy atom. The van der Waals surface area contributed by atoms with Crippen molar-refractivity contribution in [2.24, 2.45) is 0 Å². The summed E-state index contributed by atoms with van der Waals surface area (Å²) in [4.78, 5) is 37.9. The van der Waals surface area contributed by atoms with E-state index in [9.17, 15) is 14.4 Å². The second-order valence-corrected chi connectivity index (χ2v) is 18.2. The van der Waals surface area contributed by atoms with Crippen LogP contribution in [-0.4, -0.2) is 37.2 Å². The van der Waals surface area contributed by atoms with Crippen molar-refractivity contribution in [3.05, 3.63) is 0 Å². The number of rotatable bonds is 49. The highest BCUT2D eigenvalue weighted by Gasteiger charge is 2.19. The lowest BCUT2D eigenvalue weighted by Crippen LogP contribution is -2.30. The Bertz CT molecular complexity index is 874. The van der Waals surface area contributed by atoms with Gasteiger partial charge in [-0.3, -0.25) is 14.4 Å². The zero-order chi connectivity index (χ0) is 43.0. The lowest BCUT2D eigenvalue weighted by atomic mass is 10.0. The fourth-order valence-electron chi connectivity index (χ4n) is 8.09. The molecule has 1 atom stereocenters. The van der Waals surface area contributed by atoms with Gasteiger partial charge in [0.05, 0.1) is 0 Å². The van der Waals surface area contributed by atoms with Crippen LogP contribution in [0.3, 0.4) is 0 Å². The largest absolute Gasteiger partial charge is 0.462 e. The van der Waals surface area contributed by atoms with Crippen LogP contribution in [0.5, 0.6) is 0 Å². The van der Waals surface area contributed by atoms with Crippen LogP contribution >= 0.6 is 0 Å². The Morgan fingerprint density at radius 3 is 0.678 bits per heavy atom. The van der Waals surface area contributed by atoms with E-state index in [0.717, 1.165) is 57.8 Å². The molecule has 0 aromatic heterocycles. The number of hydrogen-bond donors (Lipinski definition) is 0. The molecule has 0 saturated heterocycles. The van der Waals surface area contributed by atoms with Crippen LogP contribution in [-0.2, 0) is 28.6 Å². The average Bonchev–Trinajstić information content (AvgIpc) is 3.23. The number of carbonyl (C=O) groups is 3. The van der Waals surface area contributed by atoms with Gasteiger partial charge < -0.3 is 14.2 Å². The SMILES string of the molecule is CCCCCCCCCCCCCCCCCCCCCC(=O)O[C@H](COC(=O)CCCCCCCCCCCC)COC(=O)CCCCCCCCCCCCCC. The van der Waals surface area contributed by atoms with Crippen LogP contribution in [0.15, 0.2) is 0 Å². The molecule has 0 aliphatic heterocycles. The Hall–Kier alpha value is -1.59. The number of carbonyl (C=O) groups excluding carboxylic acids is 3. The minimum Gasteiger partial charge on any atom is -0.462 e. The highest BCUT2D eigenvalue weighted by atomic mass is 16.6. The maximum absolute atomic E-state index is 12.8. The van der Waals surface area contributed by atoms with Gasteiger partial charge in [0.1, 0.15) is 13.2 Å². The third-order valence-electron chi connectivity index (χ3n) is 12.1. The summed E-state index contributed by atoms with van der Waals surface area (Å²) in [6.45, 7) is 6.67. The maximum atomic E-state index is 12.8. The molecule has 0 aliphatic carbocycles. The summed E-state index contributed by atoms with van der Waals surface area (Å²) in [5, 5.41) is 0. The van der Waals surface area contributed by atoms with Gasteiger partial charge in [-0.15, -0.1) is 0 Å². The first-order valence-corrected chi connectivity index (χ1v) is 26.5. The van der Waals surface area contributed by atoms with Crippen molar-refractivity contribution in [2.45, 2.75) is 309 Å². The lowest BCUT2D eigenvalue weighted by Gasteiger charge is -2.18. The molecule has 0 fully saturated rings. The van der Waals surface area contributed by atoms with Gasteiger partial charge in [-0.05, 0) is 19.3 Å². The smallest absolute Gasteiger partial charge is 0.306 e. The number of esters is 3. The van der Waals surface area contributed by atoms with Crippen LogP contribution in [0.1, 0.15) is 303 Å². The van der Waals surface area contributed by atoms with Gasteiger partial charge in [0.15, 0.2) is 6.10 Å². The quantitative estimate of drug-likeness (QED) is 0.0345. The molecule has 0 spiro atoms. The van der Waals surface area contributed by atoms with Crippen LogP contribution < -0.4 is 0 Å². The fraction of sp³-hybridized carbons (Fsp3) is 0.943. The Labute approximate surface area is 368 Å². The summed E-state index contributed by atoms with van der Waals surface area (Å²) in [6, 6.07) is 0. The molecule has 0 heterocycles. The zero-order valence-electron chi connectivity index (χ0n) is 40.1. The molecule has 0 bridgehead atoms. The van der Waals surface area contributed by atoms with E-state index in [1.165, 1.54) is 205 Å². The minimum atomic E-state index is -0.759. The van der Waals surface area contributed by atoms with E-state index in [4.69, 9.17) is 14.2 Å². The van der Waals surface area contributed by atoms with E-state index in [2.05, 4.69) is 20.8 Å².